The Labute approximate surface area is 161 Å². The number of nitrogens with one attached hydrogen (secondary N) is 2. The zero-order chi connectivity index (χ0) is 18.8. The van der Waals surface area contributed by atoms with Crippen LogP contribution in [0.3, 0.4) is 0 Å². The predicted octanol–water partition coefficient (Wildman–Crippen LogP) is 4.33. The van der Waals surface area contributed by atoms with Gasteiger partial charge < -0.3 is 15.2 Å². The van der Waals surface area contributed by atoms with Crippen molar-refractivity contribution in [3.63, 3.8) is 0 Å². The van der Waals surface area contributed by atoms with Crippen LogP contribution in [-0.2, 0) is 13.0 Å². The molecule has 4 rings (SSSR count). The number of halogens is 1. The molecule has 3 aromatic rings. The Bertz CT molecular complexity index is 935. The Kier molecular flexibility index (Phi) is 5.48. The van der Waals surface area contributed by atoms with Crippen molar-refractivity contribution >= 4 is 45.0 Å². The first-order valence-corrected chi connectivity index (χ1v) is 9.87. The normalized spacial score (nSPS) is 16.0. The SMILES string of the molecule is CC.CNc1nc2c(s1)CN(C(=O)c1nc3c(Cl)cccc3[nH]1)C(C)C2. The fourth-order valence-electron chi connectivity index (χ4n) is 2.98. The molecule has 1 aromatic carbocycles. The molecule has 0 saturated carbocycles. The first-order chi connectivity index (χ1) is 12.6. The van der Waals surface area contributed by atoms with Crippen LogP contribution in [0, 0.1) is 0 Å². The van der Waals surface area contributed by atoms with E-state index in [1.807, 2.05) is 44.9 Å². The minimum atomic E-state index is -0.111. The molecule has 1 aliphatic heterocycles. The van der Waals surface area contributed by atoms with Crippen LogP contribution in [0.1, 0.15) is 42.0 Å². The van der Waals surface area contributed by atoms with Crippen molar-refractivity contribution in [1.29, 1.82) is 0 Å². The molecule has 0 fully saturated rings. The molecule has 138 valence electrons. The van der Waals surface area contributed by atoms with E-state index in [2.05, 4.69) is 20.3 Å². The van der Waals surface area contributed by atoms with Gasteiger partial charge in [-0.1, -0.05) is 42.9 Å². The lowest BCUT2D eigenvalue weighted by atomic mass is 10.1. The highest BCUT2D eigenvalue weighted by atomic mass is 35.5. The first-order valence-electron chi connectivity index (χ1n) is 8.68. The summed E-state index contributed by atoms with van der Waals surface area (Å²) in [5.41, 5.74) is 2.48. The van der Waals surface area contributed by atoms with Crippen LogP contribution in [-0.4, -0.2) is 38.8 Å². The number of rotatable bonds is 2. The molecule has 0 aliphatic carbocycles. The average Bonchev–Trinajstić information content (AvgIpc) is 3.26. The molecule has 3 heterocycles. The van der Waals surface area contributed by atoms with Gasteiger partial charge in [0.25, 0.3) is 5.91 Å². The number of hydrogen-bond donors (Lipinski definition) is 2. The van der Waals surface area contributed by atoms with Crippen LogP contribution < -0.4 is 5.32 Å². The van der Waals surface area contributed by atoms with Gasteiger partial charge in [0.05, 0.1) is 22.8 Å². The van der Waals surface area contributed by atoms with Crippen molar-refractivity contribution in [1.82, 2.24) is 19.9 Å². The summed E-state index contributed by atoms with van der Waals surface area (Å²) >= 11 is 7.75. The van der Waals surface area contributed by atoms with E-state index in [0.717, 1.165) is 27.6 Å². The molecule has 1 aliphatic rings. The summed E-state index contributed by atoms with van der Waals surface area (Å²) in [5.74, 6) is 0.214. The topological polar surface area (TPSA) is 73.9 Å². The fourth-order valence-corrected chi connectivity index (χ4v) is 4.14. The Morgan fingerprint density at radius 1 is 1.38 bits per heavy atom. The summed E-state index contributed by atoms with van der Waals surface area (Å²) in [6.07, 6.45) is 0.750. The van der Waals surface area contributed by atoms with Crippen LogP contribution in [0.5, 0.6) is 0 Å². The minimum absolute atomic E-state index is 0.0699. The van der Waals surface area contributed by atoms with Gasteiger partial charge in [0.1, 0.15) is 5.52 Å². The van der Waals surface area contributed by atoms with Crippen molar-refractivity contribution in [3.8, 4) is 0 Å². The van der Waals surface area contributed by atoms with E-state index in [1.54, 1.807) is 17.4 Å². The maximum atomic E-state index is 12.9. The number of amides is 1. The van der Waals surface area contributed by atoms with Crippen molar-refractivity contribution in [2.45, 2.75) is 39.8 Å². The van der Waals surface area contributed by atoms with Gasteiger partial charge in [-0.15, -0.1) is 0 Å². The fraction of sp³-hybridized carbons (Fsp3) is 0.389. The molecule has 1 unspecified atom stereocenters. The monoisotopic (exact) mass is 391 g/mol. The number of nitrogens with zero attached hydrogens (tertiary/aromatic N) is 3. The van der Waals surface area contributed by atoms with Gasteiger partial charge in [-0.2, -0.15) is 0 Å². The largest absolute Gasteiger partial charge is 0.365 e. The quantitative estimate of drug-likeness (QED) is 0.681. The number of para-hydroxylation sites is 1. The van der Waals surface area contributed by atoms with Crippen molar-refractivity contribution in [2.75, 3.05) is 12.4 Å². The smallest absolute Gasteiger partial charge is 0.290 e. The molecule has 2 aromatic heterocycles. The maximum absolute atomic E-state index is 12.9. The summed E-state index contributed by atoms with van der Waals surface area (Å²) in [6, 6.07) is 5.54. The van der Waals surface area contributed by atoms with Crippen molar-refractivity contribution in [3.05, 3.63) is 39.6 Å². The lowest BCUT2D eigenvalue weighted by Gasteiger charge is -2.31. The van der Waals surface area contributed by atoms with Gasteiger partial charge in [0.2, 0.25) is 0 Å². The molecule has 0 saturated heterocycles. The number of carbonyl (C=O) groups excluding carboxylic acids is 1. The van der Waals surface area contributed by atoms with Gasteiger partial charge in [0, 0.05) is 24.4 Å². The summed E-state index contributed by atoms with van der Waals surface area (Å²) < 4.78 is 0. The van der Waals surface area contributed by atoms with Crippen molar-refractivity contribution < 1.29 is 4.79 Å². The molecule has 2 N–H and O–H groups in total. The number of benzene rings is 1. The molecule has 6 nitrogen and oxygen atoms in total. The van der Waals surface area contributed by atoms with Crippen molar-refractivity contribution in [2.24, 2.45) is 0 Å². The molecule has 0 bridgehead atoms. The number of carbonyl (C=O) groups is 1. The van der Waals surface area contributed by atoms with Gasteiger partial charge >= 0.3 is 0 Å². The third kappa shape index (κ3) is 3.29. The van der Waals surface area contributed by atoms with E-state index in [-0.39, 0.29) is 11.9 Å². The number of hydrogen-bond acceptors (Lipinski definition) is 5. The average molecular weight is 392 g/mol. The third-order valence-electron chi connectivity index (χ3n) is 4.25. The van der Waals surface area contributed by atoms with E-state index in [1.165, 1.54) is 0 Å². The lowest BCUT2D eigenvalue weighted by Crippen LogP contribution is -2.42. The summed E-state index contributed by atoms with van der Waals surface area (Å²) in [4.78, 5) is 27.9. The predicted molar refractivity (Wildman–Crippen MR) is 107 cm³/mol. The van der Waals surface area contributed by atoms with Gasteiger partial charge in [-0.3, -0.25) is 4.79 Å². The van der Waals surface area contributed by atoms with Crippen LogP contribution >= 0.6 is 22.9 Å². The molecule has 8 heteroatoms. The molecular weight excluding hydrogens is 370 g/mol. The van der Waals surface area contributed by atoms with Crippen LogP contribution in [0.2, 0.25) is 5.02 Å². The van der Waals surface area contributed by atoms with Crippen LogP contribution in [0.25, 0.3) is 11.0 Å². The number of H-pyrrole nitrogens is 1. The number of anilines is 1. The van der Waals surface area contributed by atoms with Gasteiger partial charge in [-0.05, 0) is 19.1 Å². The van der Waals surface area contributed by atoms with E-state index >= 15 is 0 Å². The Balaban J connectivity index is 0.000000948. The number of aromatic nitrogens is 3. The second-order valence-corrected chi connectivity index (χ2v) is 7.34. The standard InChI is InChI=1S/C16H16ClN5OS.C2H6/c1-8-6-11-12(24-16(18-2)20-11)7-22(8)15(23)14-19-10-5-3-4-9(17)13(10)21-14;1-2/h3-5,8H,6-7H2,1-2H3,(H,18,20)(H,19,21);1-2H3. The zero-order valence-corrected chi connectivity index (χ0v) is 16.8. The van der Waals surface area contributed by atoms with E-state index < -0.39 is 0 Å². The zero-order valence-electron chi connectivity index (χ0n) is 15.3. The molecule has 26 heavy (non-hydrogen) atoms. The summed E-state index contributed by atoms with van der Waals surface area (Å²) in [7, 11) is 1.86. The minimum Gasteiger partial charge on any atom is -0.365 e. The van der Waals surface area contributed by atoms with E-state index in [4.69, 9.17) is 11.6 Å². The molecule has 1 amide bonds. The number of aromatic amines is 1. The highest BCUT2D eigenvalue weighted by molar-refractivity contribution is 7.15. The Morgan fingerprint density at radius 2 is 2.15 bits per heavy atom. The number of imidazole rings is 1. The lowest BCUT2D eigenvalue weighted by molar-refractivity contribution is 0.0649. The highest BCUT2D eigenvalue weighted by Crippen LogP contribution is 2.31. The van der Waals surface area contributed by atoms with Gasteiger partial charge in [-0.25, -0.2) is 9.97 Å². The summed E-state index contributed by atoms with van der Waals surface area (Å²) in [5, 5.41) is 4.50. The Morgan fingerprint density at radius 3 is 2.85 bits per heavy atom. The number of fused-ring (bicyclic) bond motifs is 2. The first kappa shape index (κ1) is 18.7. The highest BCUT2D eigenvalue weighted by Gasteiger charge is 2.31. The Hall–Kier alpha value is -2.12. The second-order valence-electron chi connectivity index (χ2n) is 5.85. The number of thiazole rings is 1. The maximum Gasteiger partial charge on any atom is 0.290 e. The van der Waals surface area contributed by atoms with Crippen LogP contribution in [0.15, 0.2) is 18.2 Å². The summed E-state index contributed by atoms with van der Waals surface area (Å²) in [6.45, 7) is 6.59. The molecule has 1 atom stereocenters. The van der Waals surface area contributed by atoms with Crippen LogP contribution in [0.4, 0.5) is 5.13 Å². The third-order valence-corrected chi connectivity index (χ3v) is 5.66. The second kappa shape index (κ2) is 7.63. The van der Waals surface area contributed by atoms with E-state index in [0.29, 0.717) is 22.9 Å². The molecule has 0 spiro atoms. The molecule has 0 radical (unpaired) electrons. The van der Waals surface area contributed by atoms with E-state index in [9.17, 15) is 4.79 Å². The van der Waals surface area contributed by atoms with Gasteiger partial charge in [0.15, 0.2) is 11.0 Å². The molecular formula is C18H22ClN5OS.